The lowest BCUT2D eigenvalue weighted by molar-refractivity contribution is 0.0861. The number of hydrogen-bond donors (Lipinski definition) is 2. The fourth-order valence-electron chi connectivity index (χ4n) is 3.13. The maximum absolute atomic E-state index is 10.1. The number of aryl methyl sites for hydroxylation is 1. The van der Waals surface area contributed by atoms with Crippen molar-refractivity contribution in [2.45, 2.75) is 57.7 Å². The lowest BCUT2D eigenvalue weighted by Gasteiger charge is -2.31. The molecular formula is C17H23N3OS. The van der Waals surface area contributed by atoms with Crippen LogP contribution in [0.5, 0.6) is 0 Å². The van der Waals surface area contributed by atoms with E-state index in [0.717, 1.165) is 35.5 Å². The second-order valence-electron chi connectivity index (χ2n) is 6.06. The predicted octanol–water partition coefficient (Wildman–Crippen LogP) is 3.47. The van der Waals surface area contributed by atoms with Crippen LogP contribution < -0.4 is 5.32 Å². The Labute approximate surface area is 135 Å². The number of pyridine rings is 1. The summed E-state index contributed by atoms with van der Waals surface area (Å²) in [6.45, 7) is 4.22. The molecule has 3 unspecified atom stereocenters. The van der Waals surface area contributed by atoms with E-state index >= 15 is 0 Å². The summed E-state index contributed by atoms with van der Waals surface area (Å²) in [5.74, 6) is 0. The van der Waals surface area contributed by atoms with Gasteiger partial charge in [0.15, 0.2) is 0 Å². The summed E-state index contributed by atoms with van der Waals surface area (Å²) < 4.78 is 0. The van der Waals surface area contributed by atoms with E-state index in [4.69, 9.17) is 4.98 Å². The minimum Gasteiger partial charge on any atom is -0.392 e. The van der Waals surface area contributed by atoms with Crippen LogP contribution in [0, 0.1) is 6.92 Å². The Bertz CT molecular complexity index is 614. The van der Waals surface area contributed by atoms with E-state index in [1.165, 1.54) is 11.3 Å². The van der Waals surface area contributed by atoms with Crippen molar-refractivity contribution in [3.8, 4) is 10.6 Å². The molecule has 3 rings (SSSR count). The van der Waals surface area contributed by atoms with Gasteiger partial charge in [-0.2, -0.15) is 0 Å². The van der Waals surface area contributed by atoms with Gasteiger partial charge in [-0.05, 0) is 38.8 Å². The van der Waals surface area contributed by atoms with Gasteiger partial charge in [-0.25, -0.2) is 4.98 Å². The molecule has 0 aromatic carbocycles. The van der Waals surface area contributed by atoms with E-state index < -0.39 is 0 Å². The van der Waals surface area contributed by atoms with Gasteiger partial charge < -0.3 is 10.4 Å². The molecule has 2 aromatic rings. The summed E-state index contributed by atoms with van der Waals surface area (Å²) in [6, 6.07) is 4.39. The zero-order chi connectivity index (χ0) is 15.5. The van der Waals surface area contributed by atoms with Crippen LogP contribution in [0.1, 0.15) is 49.2 Å². The topological polar surface area (TPSA) is 58.0 Å². The van der Waals surface area contributed by atoms with Crippen molar-refractivity contribution in [3.05, 3.63) is 35.1 Å². The maximum Gasteiger partial charge on any atom is 0.125 e. The molecule has 2 aromatic heterocycles. The van der Waals surface area contributed by atoms with Gasteiger partial charge >= 0.3 is 0 Å². The summed E-state index contributed by atoms with van der Waals surface area (Å²) in [5.41, 5.74) is 2.13. The molecule has 2 heterocycles. The van der Waals surface area contributed by atoms with Gasteiger partial charge in [0.05, 0.1) is 11.8 Å². The molecule has 2 N–H and O–H groups in total. The molecule has 5 heteroatoms. The third-order valence-corrected chi connectivity index (χ3v) is 5.72. The van der Waals surface area contributed by atoms with E-state index in [0.29, 0.717) is 0 Å². The van der Waals surface area contributed by atoms with Crippen molar-refractivity contribution < 1.29 is 5.11 Å². The van der Waals surface area contributed by atoms with Crippen LogP contribution in [0.2, 0.25) is 0 Å². The molecule has 0 spiro atoms. The SMILES string of the molecule is Cc1nc(-c2cccnc2)sc1C(C)NC1CCCCC1O. The fraction of sp³-hybridized carbons (Fsp3) is 0.529. The third kappa shape index (κ3) is 3.37. The molecule has 118 valence electrons. The van der Waals surface area contributed by atoms with Crippen molar-refractivity contribution >= 4 is 11.3 Å². The molecule has 0 bridgehead atoms. The average Bonchev–Trinajstić information content (AvgIpc) is 2.92. The van der Waals surface area contributed by atoms with Crippen molar-refractivity contribution in [3.63, 3.8) is 0 Å². The summed E-state index contributed by atoms with van der Waals surface area (Å²) >= 11 is 1.72. The first-order valence-electron chi connectivity index (χ1n) is 7.97. The second-order valence-corrected chi connectivity index (χ2v) is 7.09. The normalized spacial score (nSPS) is 23.4. The van der Waals surface area contributed by atoms with Crippen LogP contribution in [-0.4, -0.2) is 27.2 Å². The van der Waals surface area contributed by atoms with Crippen molar-refractivity contribution in [2.24, 2.45) is 0 Å². The standard InChI is InChI=1S/C17H23N3OS/c1-11(19-14-7-3-4-8-15(14)21)16-12(2)20-17(22-16)13-6-5-9-18-10-13/h5-6,9-11,14-15,19,21H,3-4,7-8H2,1-2H3. The Morgan fingerprint density at radius 3 is 2.91 bits per heavy atom. The van der Waals surface area contributed by atoms with Gasteiger partial charge in [0.25, 0.3) is 0 Å². The van der Waals surface area contributed by atoms with E-state index in [1.54, 1.807) is 17.5 Å². The second kappa shape index (κ2) is 6.86. The summed E-state index contributed by atoms with van der Waals surface area (Å²) in [7, 11) is 0. The maximum atomic E-state index is 10.1. The van der Waals surface area contributed by atoms with Crippen molar-refractivity contribution in [1.29, 1.82) is 0 Å². The van der Waals surface area contributed by atoms with Crippen LogP contribution in [0.4, 0.5) is 0 Å². The summed E-state index contributed by atoms with van der Waals surface area (Å²) in [5, 5.41) is 14.7. The Morgan fingerprint density at radius 1 is 1.36 bits per heavy atom. The highest BCUT2D eigenvalue weighted by atomic mass is 32.1. The largest absolute Gasteiger partial charge is 0.392 e. The Balaban J connectivity index is 1.75. The van der Waals surface area contributed by atoms with Crippen molar-refractivity contribution in [2.75, 3.05) is 0 Å². The van der Waals surface area contributed by atoms with E-state index in [-0.39, 0.29) is 18.2 Å². The van der Waals surface area contributed by atoms with Gasteiger partial charge in [0.2, 0.25) is 0 Å². The van der Waals surface area contributed by atoms with Gasteiger partial charge in [-0.3, -0.25) is 4.98 Å². The van der Waals surface area contributed by atoms with E-state index in [2.05, 4.69) is 24.1 Å². The third-order valence-electron chi connectivity index (χ3n) is 4.33. The highest BCUT2D eigenvalue weighted by Gasteiger charge is 2.26. The van der Waals surface area contributed by atoms with Gasteiger partial charge in [0.1, 0.15) is 5.01 Å². The minimum atomic E-state index is -0.220. The van der Waals surface area contributed by atoms with Crippen LogP contribution in [0.15, 0.2) is 24.5 Å². The fourth-order valence-corrected chi connectivity index (χ4v) is 4.19. The number of thiazole rings is 1. The van der Waals surface area contributed by atoms with Gasteiger partial charge in [0, 0.05) is 34.9 Å². The Kier molecular flexibility index (Phi) is 4.86. The molecule has 0 radical (unpaired) electrons. The number of nitrogens with one attached hydrogen (secondary N) is 1. The van der Waals surface area contributed by atoms with Gasteiger partial charge in [-0.1, -0.05) is 12.8 Å². The molecule has 1 aliphatic rings. The quantitative estimate of drug-likeness (QED) is 0.906. The Morgan fingerprint density at radius 2 is 2.18 bits per heavy atom. The monoisotopic (exact) mass is 317 g/mol. The number of aliphatic hydroxyl groups excluding tert-OH is 1. The zero-order valence-electron chi connectivity index (χ0n) is 13.1. The lowest BCUT2D eigenvalue weighted by Crippen LogP contribution is -2.43. The van der Waals surface area contributed by atoms with Crippen LogP contribution >= 0.6 is 11.3 Å². The van der Waals surface area contributed by atoms with Crippen LogP contribution in [0.3, 0.4) is 0 Å². The number of aliphatic hydroxyl groups is 1. The molecule has 0 aliphatic heterocycles. The lowest BCUT2D eigenvalue weighted by atomic mass is 9.92. The number of hydrogen-bond acceptors (Lipinski definition) is 5. The van der Waals surface area contributed by atoms with E-state index in [1.807, 2.05) is 18.3 Å². The summed E-state index contributed by atoms with van der Waals surface area (Å²) in [4.78, 5) is 10.1. The molecule has 3 atom stereocenters. The average molecular weight is 317 g/mol. The number of nitrogens with zero attached hydrogens (tertiary/aromatic N) is 2. The van der Waals surface area contributed by atoms with E-state index in [9.17, 15) is 5.11 Å². The minimum absolute atomic E-state index is 0.201. The Hall–Kier alpha value is -1.30. The summed E-state index contributed by atoms with van der Waals surface area (Å²) in [6.07, 6.45) is 7.71. The zero-order valence-corrected chi connectivity index (χ0v) is 13.9. The highest BCUT2D eigenvalue weighted by Crippen LogP contribution is 2.32. The van der Waals surface area contributed by atoms with Crippen LogP contribution in [0.25, 0.3) is 10.6 Å². The molecular weight excluding hydrogens is 294 g/mol. The smallest absolute Gasteiger partial charge is 0.125 e. The molecule has 22 heavy (non-hydrogen) atoms. The molecule has 4 nitrogen and oxygen atoms in total. The molecule has 1 aliphatic carbocycles. The van der Waals surface area contributed by atoms with Crippen molar-refractivity contribution in [1.82, 2.24) is 15.3 Å². The molecule has 1 fully saturated rings. The predicted molar refractivity (Wildman–Crippen MR) is 89.9 cm³/mol. The molecule has 1 saturated carbocycles. The van der Waals surface area contributed by atoms with Gasteiger partial charge in [-0.15, -0.1) is 11.3 Å². The number of aromatic nitrogens is 2. The van der Waals surface area contributed by atoms with Crippen LogP contribution in [-0.2, 0) is 0 Å². The first-order chi connectivity index (χ1) is 10.6. The first kappa shape index (κ1) is 15.6. The molecule has 0 saturated heterocycles. The number of rotatable bonds is 4. The first-order valence-corrected chi connectivity index (χ1v) is 8.78. The molecule has 0 amide bonds. The highest BCUT2D eigenvalue weighted by molar-refractivity contribution is 7.15.